The molecule has 1 saturated carbocycles. The van der Waals surface area contributed by atoms with Gasteiger partial charge in [-0.15, -0.1) is 0 Å². The van der Waals surface area contributed by atoms with Crippen molar-refractivity contribution >= 4 is 12.1 Å². The molecule has 1 amide bonds. The van der Waals surface area contributed by atoms with Gasteiger partial charge < -0.3 is 14.8 Å². The largest absolute Gasteiger partial charge is 0.461 e. The van der Waals surface area contributed by atoms with Crippen LogP contribution in [0, 0.1) is 0 Å². The highest BCUT2D eigenvalue weighted by Crippen LogP contribution is 2.20. The number of hydrogen-bond donors (Lipinski definition) is 1. The number of nitrogens with one attached hydrogen (secondary N) is 1. The molecular weight excluding hydrogens is 270 g/mol. The van der Waals surface area contributed by atoms with Crippen LogP contribution in [0.25, 0.3) is 0 Å². The first-order valence-corrected chi connectivity index (χ1v) is 8.27. The van der Waals surface area contributed by atoms with Crippen molar-refractivity contribution in [2.45, 2.75) is 83.8 Å². The van der Waals surface area contributed by atoms with E-state index in [2.05, 4.69) is 12.2 Å². The Morgan fingerprint density at radius 2 is 1.86 bits per heavy atom. The first-order valence-electron chi connectivity index (χ1n) is 8.27. The Balaban J connectivity index is 2.13. The molecular formula is C16H29NO4. The number of esters is 1. The topological polar surface area (TPSA) is 64.6 Å². The van der Waals surface area contributed by atoms with Gasteiger partial charge in [-0.2, -0.15) is 0 Å². The zero-order valence-electron chi connectivity index (χ0n) is 13.4. The van der Waals surface area contributed by atoms with E-state index < -0.39 is 12.1 Å². The van der Waals surface area contributed by atoms with Crippen molar-refractivity contribution in [2.75, 3.05) is 6.61 Å². The number of carbonyl (C=O) groups is 2. The first kappa shape index (κ1) is 17.8. The third-order valence-corrected chi connectivity index (χ3v) is 3.75. The minimum atomic E-state index is -0.657. The predicted molar refractivity (Wildman–Crippen MR) is 81.1 cm³/mol. The lowest BCUT2D eigenvalue weighted by Gasteiger charge is -2.23. The average Bonchev–Trinajstić information content (AvgIpc) is 2.48. The molecule has 0 heterocycles. The van der Waals surface area contributed by atoms with Gasteiger partial charge in [0, 0.05) is 0 Å². The lowest BCUT2D eigenvalue weighted by Crippen LogP contribution is -2.41. The van der Waals surface area contributed by atoms with Gasteiger partial charge in [-0.1, -0.05) is 32.6 Å². The van der Waals surface area contributed by atoms with Gasteiger partial charge in [0.2, 0.25) is 0 Å². The van der Waals surface area contributed by atoms with Crippen LogP contribution in [0.1, 0.15) is 71.6 Å². The second kappa shape index (κ2) is 10.5. The molecule has 0 aromatic carbocycles. The number of amides is 1. The molecule has 122 valence electrons. The molecule has 1 rings (SSSR count). The van der Waals surface area contributed by atoms with Crippen LogP contribution in [0.2, 0.25) is 0 Å². The van der Waals surface area contributed by atoms with Gasteiger partial charge in [0.1, 0.15) is 12.1 Å². The van der Waals surface area contributed by atoms with E-state index in [0.29, 0.717) is 6.61 Å². The van der Waals surface area contributed by atoms with Crippen LogP contribution in [0.5, 0.6) is 0 Å². The van der Waals surface area contributed by atoms with Gasteiger partial charge in [0.05, 0.1) is 6.61 Å². The van der Waals surface area contributed by atoms with Crippen molar-refractivity contribution < 1.29 is 19.1 Å². The van der Waals surface area contributed by atoms with Crippen molar-refractivity contribution in [2.24, 2.45) is 0 Å². The van der Waals surface area contributed by atoms with Gasteiger partial charge in [-0.3, -0.25) is 0 Å². The summed E-state index contributed by atoms with van der Waals surface area (Å²) in [4.78, 5) is 23.4. The smallest absolute Gasteiger partial charge is 0.407 e. The van der Waals surface area contributed by atoms with Crippen LogP contribution in [0.4, 0.5) is 4.79 Å². The predicted octanol–water partition coefficient (Wildman–Crippen LogP) is 3.56. The van der Waals surface area contributed by atoms with E-state index in [-0.39, 0.29) is 12.1 Å². The van der Waals surface area contributed by atoms with E-state index >= 15 is 0 Å². The third-order valence-electron chi connectivity index (χ3n) is 3.75. The third kappa shape index (κ3) is 7.93. The van der Waals surface area contributed by atoms with Gasteiger partial charge in [-0.25, -0.2) is 9.59 Å². The molecule has 0 unspecified atom stereocenters. The maximum atomic E-state index is 11.9. The highest BCUT2D eigenvalue weighted by atomic mass is 16.6. The van der Waals surface area contributed by atoms with E-state index in [1.54, 1.807) is 6.92 Å². The van der Waals surface area contributed by atoms with Crippen molar-refractivity contribution in [1.82, 2.24) is 5.32 Å². The van der Waals surface area contributed by atoms with E-state index in [4.69, 9.17) is 9.47 Å². The molecule has 21 heavy (non-hydrogen) atoms. The molecule has 0 aromatic rings. The fourth-order valence-corrected chi connectivity index (χ4v) is 2.42. The lowest BCUT2D eigenvalue weighted by atomic mass is 9.98. The SMILES string of the molecule is CCCCCCOC(=O)N[C@@H](C)C(=O)OC1CCCCC1. The van der Waals surface area contributed by atoms with Gasteiger partial charge in [0.25, 0.3) is 0 Å². The second-order valence-corrected chi connectivity index (χ2v) is 5.76. The molecule has 0 bridgehead atoms. The minimum Gasteiger partial charge on any atom is -0.461 e. The molecule has 0 saturated heterocycles. The number of carbonyl (C=O) groups excluding carboxylic acids is 2. The number of ether oxygens (including phenoxy) is 2. The highest BCUT2D eigenvalue weighted by Gasteiger charge is 2.23. The Labute approximate surface area is 127 Å². The number of hydrogen-bond acceptors (Lipinski definition) is 4. The summed E-state index contributed by atoms with van der Waals surface area (Å²) in [6, 6.07) is -0.657. The molecule has 0 aromatic heterocycles. The van der Waals surface area contributed by atoms with Gasteiger partial charge in [-0.05, 0) is 39.0 Å². The Morgan fingerprint density at radius 3 is 2.52 bits per heavy atom. The van der Waals surface area contributed by atoms with Crippen LogP contribution in [0.3, 0.4) is 0 Å². The maximum Gasteiger partial charge on any atom is 0.407 e. The van der Waals surface area contributed by atoms with E-state index in [0.717, 1.165) is 51.4 Å². The summed E-state index contributed by atoms with van der Waals surface area (Å²) in [5, 5.41) is 2.52. The van der Waals surface area contributed by atoms with Crippen LogP contribution in [0.15, 0.2) is 0 Å². The molecule has 0 aliphatic heterocycles. The Hall–Kier alpha value is -1.26. The van der Waals surface area contributed by atoms with Crippen LogP contribution >= 0.6 is 0 Å². The molecule has 1 N–H and O–H groups in total. The highest BCUT2D eigenvalue weighted by molar-refractivity contribution is 5.81. The second-order valence-electron chi connectivity index (χ2n) is 5.76. The average molecular weight is 299 g/mol. The molecule has 1 fully saturated rings. The summed E-state index contributed by atoms with van der Waals surface area (Å²) in [6.45, 7) is 4.16. The molecule has 1 aliphatic rings. The molecule has 5 heteroatoms. The number of unbranched alkanes of at least 4 members (excludes halogenated alkanes) is 3. The summed E-state index contributed by atoms with van der Waals surface area (Å²) in [5.41, 5.74) is 0. The molecule has 1 aliphatic carbocycles. The standard InChI is InChI=1S/C16H29NO4/c1-3-4-5-9-12-20-16(19)17-13(2)15(18)21-14-10-7-6-8-11-14/h13-14H,3-12H2,1-2H3,(H,17,19)/t13-/m0/s1. The summed E-state index contributed by atoms with van der Waals surface area (Å²) in [7, 11) is 0. The number of rotatable bonds is 8. The fraction of sp³-hybridized carbons (Fsp3) is 0.875. The molecule has 0 spiro atoms. The summed E-state index contributed by atoms with van der Waals surface area (Å²) < 4.78 is 10.4. The zero-order chi connectivity index (χ0) is 15.5. The zero-order valence-corrected chi connectivity index (χ0v) is 13.4. The first-order chi connectivity index (χ1) is 10.1. The van der Waals surface area contributed by atoms with E-state index in [1.807, 2.05) is 0 Å². The van der Waals surface area contributed by atoms with E-state index in [1.165, 1.54) is 6.42 Å². The molecule has 0 radical (unpaired) electrons. The molecule has 5 nitrogen and oxygen atoms in total. The lowest BCUT2D eigenvalue weighted by molar-refractivity contribution is -0.152. The Bertz CT molecular complexity index is 313. The minimum absolute atomic E-state index is 0.0144. The van der Waals surface area contributed by atoms with Crippen molar-refractivity contribution in [3.05, 3.63) is 0 Å². The summed E-state index contributed by atoms with van der Waals surface area (Å²) in [5.74, 6) is -0.371. The normalized spacial score (nSPS) is 17.0. The van der Waals surface area contributed by atoms with E-state index in [9.17, 15) is 9.59 Å². The Kier molecular flexibility index (Phi) is 8.87. The van der Waals surface area contributed by atoms with Crippen LogP contribution < -0.4 is 5.32 Å². The van der Waals surface area contributed by atoms with Crippen LogP contribution in [-0.2, 0) is 14.3 Å². The quantitative estimate of drug-likeness (QED) is 0.550. The summed E-state index contributed by atoms with van der Waals surface area (Å²) in [6.07, 6.45) is 8.99. The Morgan fingerprint density at radius 1 is 1.14 bits per heavy atom. The van der Waals surface area contributed by atoms with Crippen molar-refractivity contribution in [1.29, 1.82) is 0 Å². The molecule has 1 atom stereocenters. The van der Waals surface area contributed by atoms with Crippen molar-refractivity contribution in [3.8, 4) is 0 Å². The fourth-order valence-electron chi connectivity index (χ4n) is 2.42. The monoisotopic (exact) mass is 299 g/mol. The maximum absolute atomic E-state index is 11.9. The van der Waals surface area contributed by atoms with Gasteiger partial charge in [0.15, 0.2) is 0 Å². The summed E-state index contributed by atoms with van der Waals surface area (Å²) >= 11 is 0. The van der Waals surface area contributed by atoms with Crippen LogP contribution in [-0.4, -0.2) is 30.8 Å². The van der Waals surface area contributed by atoms with Gasteiger partial charge >= 0.3 is 12.1 Å². The van der Waals surface area contributed by atoms with Crippen molar-refractivity contribution in [3.63, 3.8) is 0 Å². The number of alkyl carbamates (subject to hydrolysis) is 1.